The Hall–Kier alpha value is -2.71. The van der Waals surface area contributed by atoms with Gasteiger partial charge in [-0.3, -0.25) is 4.79 Å². The van der Waals surface area contributed by atoms with E-state index in [0.717, 1.165) is 29.7 Å². The molecule has 8 heteroatoms. The van der Waals surface area contributed by atoms with Crippen LogP contribution in [0.4, 0.5) is 5.69 Å². The van der Waals surface area contributed by atoms with Crippen molar-refractivity contribution < 1.29 is 13.2 Å². The zero-order valence-electron chi connectivity index (χ0n) is 16.3. The van der Waals surface area contributed by atoms with Crippen molar-refractivity contribution >= 4 is 32.7 Å². The van der Waals surface area contributed by atoms with Crippen LogP contribution in [0.15, 0.2) is 47.4 Å². The van der Waals surface area contributed by atoms with Crippen LogP contribution in [0.1, 0.15) is 30.7 Å². The monoisotopic (exact) mass is 412 g/mol. The lowest BCUT2D eigenvalue weighted by atomic mass is 10.2. The van der Waals surface area contributed by atoms with Gasteiger partial charge in [-0.2, -0.15) is 4.31 Å². The molecule has 152 valence electrons. The molecule has 0 bridgehead atoms. The molecule has 0 spiro atoms. The third-order valence-corrected chi connectivity index (χ3v) is 7.22. The molecule has 1 aromatic heterocycles. The highest BCUT2D eigenvalue weighted by atomic mass is 32.2. The number of amides is 1. The van der Waals surface area contributed by atoms with Crippen molar-refractivity contribution in [2.45, 2.75) is 37.5 Å². The maximum absolute atomic E-state index is 12.9. The number of benzene rings is 2. The number of nitrogens with one attached hydrogen (secondary N) is 2. The number of aromatic nitrogens is 2. The number of imidazole rings is 1. The second-order valence-electron chi connectivity index (χ2n) is 7.34. The quantitative estimate of drug-likeness (QED) is 0.650. The Morgan fingerprint density at radius 1 is 1.17 bits per heavy atom. The first-order valence-electron chi connectivity index (χ1n) is 9.78. The number of rotatable bonds is 6. The highest BCUT2D eigenvalue weighted by Gasteiger charge is 2.28. The number of carbonyl (C=O) groups is 1. The van der Waals surface area contributed by atoms with Gasteiger partial charge in [-0.05, 0) is 49.6 Å². The van der Waals surface area contributed by atoms with E-state index in [4.69, 9.17) is 0 Å². The summed E-state index contributed by atoms with van der Waals surface area (Å²) in [7, 11) is -3.53. The number of para-hydroxylation sites is 2. The molecular formula is C21H24N4O3S. The molecule has 0 radical (unpaired) electrons. The van der Waals surface area contributed by atoms with Crippen LogP contribution < -0.4 is 5.32 Å². The van der Waals surface area contributed by atoms with E-state index in [0.29, 0.717) is 30.8 Å². The number of fused-ring (bicyclic) bond motifs is 1. The normalized spacial score (nSPS) is 15.1. The Bertz CT molecular complexity index is 1110. The largest absolute Gasteiger partial charge is 0.342 e. The van der Waals surface area contributed by atoms with Crippen molar-refractivity contribution in [2.24, 2.45) is 0 Å². The number of sulfonamides is 1. The molecule has 2 heterocycles. The lowest BCUT2D eigenvalue weighted by Gasteiger charge is -2.18. The minimum atomic E-state index is -3.53. The fourth-order valence-corrected chi connectivity index (χ4v) is 5.37. The number of hydrogen-bond acceptors (Lipinski definition) is 4. The molecular weight excluding hydrogens is 388 g/mol. The molecule has 0 unspecified atom stereocenters. The van der Waals surface area contributed by atoms with E-state index >= 15 is 0 Å². The first-order chi connectivity index (χ1) is 13.9. The van der Waals surface area contributed by atoms with Gasteiger partial charge in [0.15, 0.2) is 0 Å². The smallest absolute Gasteiger partial charge is 0.243 e. The van der Waals surface area contributed by atoms with Crippen molar-refractivity contribution in [2.75, 3.05) is 18.4 Å². The van der Waals surface area contributed by atoms with Gasteiger partial charge in [0.25, 0.3) is 0 Å². The molecule has 2 N–H and O–H groups in total. The van der Waals surface area contributed by atoms with Crippen LogP contribution in [0.3, 0.4) is 0 Å². The highest BCUT2D eigenvalue weighted by molar-refractivity contribution is 7.89. The highest BCUT2D eigenvalue weighted by Crippen LogP contribution is 2.26. The maximum atomic E-state index is 12.9. The zero-order valence-corrected chi connectivity index (χ0v) is 17.1. The Kier molecular flexibility index (Phi) is 5.38. The van der Waals surface area contributed by atoms with Crippen LogP contribution in [0.25, 0.3) is 11.0 Å². The molecule has 3 aromatic rings. The number of hydrogen-bond donors (Lipinski definition) is 2. The molecule has 1 aliphatic heterocycles. The van der Waals surface area contributed by atoms with Gasteiger partial charge in [0.05, 0.1) is 15.9 Å². The molecule has 1 fully saturated rings. The van der Waals surface area contributed by atoms with Gasteiger partial charge in [-0.15, -0.1) is 0 Å². The number of nitrogens with zero attached hydrogens (tertiary/aromatic N) is 2. The molecule has 1 saturated heterocycles. The first kappa shape index (κ1) is 19.6. The van der Waals surface area contributed by atoms with Crippen LogP contribution >= 0.6 is 0 Å². The fraction of sp³-hybridized carbons (Fsp3) is 0.333. The topological polar surface area (TPSA) is 95.2 Å². The third-order valence-electron chi connectivity index (χ3n) is 5.18. The Balaban J connectivity index is 1.44. The summed E-state index contributed by atoms with van der Waals surface area (Å²) in [6.07, 6.45) is 2.50. The summed E-state index contributed by atoms with van der Waals surface area (Å²) in [5.74, 6) is 0.571. The molecule has 29 heavy (non-hydrogen) atoms. The average molecular weight is 413 g/mol. The zero-order chi connectivity index (χ0) is 20.4. The number of H-pyrrole nitrogens is 1. The summed E-state index contributed by atoms with van der Waals surface area (Å²) in [5.41, 5.74) is 2.98. The van der Waals surface area contributed by atoms with Gasteiger partial charge < -0.3 is 10.3 Å². The van der Waals surface area contributed by atoms with E-state index in [1.165, 1.54) is 4.31 Å². The van der Waals surface area contributed by atoms with Gasteiger partial charge in [-0.1, -0.05) is 18.2 Å². The number of aromatic amines is 1. The summed E-state index contributed by atoms with van der Waals surface area (Å²) < 4.78 is 27.3. The molecule has 0 saturated carbocycles. The standard InChI is InChI=1S/C21H24N4O3S/c1-15-8-9-16(14-19(15)29(27,28)25-12-4-5-13-25)22-21(26)11-10-20-23-17-6-2-3-7-18(17)24-20/h2-3,6-9,14H,4-5,10-13H2,1H3,(H,22,26)(H,23,24). The van der Waals surface area contributed by atoms with Crippen molar-refractivity contribution in [1.29, 1.82) is 0 Å². The fourth-order valence-electron chi connectivity index (χ4n) is 3.60. The average Bonchev–Trinajstić information content (AvgIpc) is 3.37. The van der Waals surface area contributed by atoms with E-state index < -0.39 is 10.0 Å². The lowest BCUT2D eigenvalue weighted by molar-refractivity contribution is -0.116. The molecule has 1 amide bonds. The van der Waals surface area contributed by atoms with E-state index in [9.17, 15) is 13.2 Å². The van der Waals surface area contributed by atoms with Gasteiger partial charge in [0.2, 0.25) is 15.9 Å². The molecule has 7 nitrogen and oxygen atoms in total. The second kappa shape index (κ2) is 7.96. The van der Waals surface area contributed by atoms with Crippen LogP contribution in [0, 0.1) is 6.92 Å². The van der Waals surface area contributed by atoms with E-state index in [2.05, 4.69) is 15.3 Å². The van der Waals surface area contributed by atoms with Gasteiger partial charge in [0.1, 0.15) is 5.82 Å². The van der Waals surface area contributed by atoms with Crippen LogP contribution in [-0.2, 0) is 21.2 Å². The Morgan fingerprint density at radius 3 is 2.69 bits per heavy atom. The van der Waals surface area contributed by atoms with Crippen molar-refractivity contribution in [3.05, 3.63) is 53.9 Å². The van der Waals surface area contributed by atoms with Crippen LogP contribution in [-0.4, -0.2) is 41.7 Å². The van der Waals surface area contributed by atoms with Gasteiger partial charge in [0, 0.05) is 31.6 Å². The summed E-state index contributed by atoms with van der Waals surface area (Å²) in [4.78, 5) is 20.3. The second-order valence-corrected chi connectivity index (χ2v) is 9.25. The van der Waals surface area contributed by atoms with Crippen molar-refractivity contribution in [3.63, 3.8) is 0 Å². The molecule has 0 aliphatic carbocycles. The minimum absolute atomic E-state index is 0.182. The summed E-state index contributed by atoms with van der Waals surface area (Å²) >= 11 is 0. The van der Waals surface area contributed by atoms with Gasteiger partial charge >= 0.3 is 0 Å². The van der Waals surface area contributed by atoms with Crippen LogP contribution in [0.5, 0.6) is 0 Å². The maximum Gasteiger partial charge on any atom is 0.243 e. The van der Waals surface area contributed by atoms with E-state index in [1.807, 2.05) is 24.3 Å². The number of anilines is 1. The summed E-state index contributed by atoms with van der Waals surface area (Å²) in [6.45, 7) is 2.88. The number of carbonyl (C=O) groups excluding carboxylic acids is 1. The molecule has 4 rings (SSSR count). The first-order valence-corrected chi connectivity index (χ1v) is 11.2. The van der Waals surface area contributed by atoms with Gasteiger partial charge in [-0.25, -0.2) is 13.4 Å². The minimum Gasteiger partial charge on any atom is -0.342 e. The SMILES string of the molecule is Cc1ccc(NC(=O)CCc2nc3ccccc3[nH]2)cc1S(=O)(=O)N1CCCC1. The number of aryl methyl sites for hydroxylation is 2. The predicted molar refractivity (Wildman–Crippen MR) is 112 cm³/mol. The summed E-state index contributed by atoms with van der Waals surface area (Å²) in [6, 6.07) is 12.7. The predicted octanol–water partition coefficient (Wildman–Crippen LogP) is 3.23. The molecule has 2 aromatic carbocycles. The Labute approximate surface area is 170 Å². The summed E-state index contributed by atoms with van der Waals surface area (Å²) in [5, 5.41) is 2.81. The third kappa shape index (κ3) is 4.18. The lowest BCUT2D eigenvalue weighted by Crippen LogP contribution is -2.28. The van der Waals surface area contributed by atoms with Crippen molar-refractivity contribution in [1.82, 2.24) is 14.3 Å². The van der Waals surface area contributed by atoms with Crippen molar-refractivity contribution in [3.8, 4) is 0 Å². The van der Waals surface area contributed by atoms with E-state index in [-0.39, 0.29) is 17.2 Å². The Morgan fingerprint density at radius 2 is 1.93 bits per heavy atom. The van der Waals surface area contributed by atoms with Crippen LogP contribution in [0.2, 0.25) is 0 Å². The molecule has 1 aliphatic rings. The molecule has 0 atom stereocenters. The van der Waals surface area contributed by atoms with E-state index in [1.54, 1.807) is 25.1 Å².